The van der Waals surface area contributed by atoms with Crippen LogP contribution in [0.15, 0.2) is 36.4 Å². The summed E-state index contributed by atoms with van der Waals surface area (Å²) in [5.41, 5.74) is 2.94. The fourth-order valence-electron chi connectivity index (χ4n) is 2.92. The SMILES string of the molecule is CC[C@H](NC(=O)c1ccc2n[nH]nc2c1)c1ccc2c(c1)OCCO2. The standard InChI is InChI=1S/C18H18N4O3/c1-2-13(11-4-6-16-17(10-11)25-8-7-24-16)19-18(23)12-3-5-14-15(9-12)21-22-20-14/h3-6,9-10,13H,2,7-8H2,1H3,(H,19,23)(H,20,21,22)/t13-/m0/s1. The van der Waals surface area contributed by atoms with Gasteiger partial charge in [0.2, 0.25) is 0 Å². The van der Waals surface area contributed by atoms with Crippen LogP contribution in [-0.4, -0.2) is 34.5 Å². The Labute approximate surface area is 144 Å². The lowest BCUT2D eigenvalue weighted by molar-refractivity contribution is 0.0935. The molecule has 1 aliphatic rings. The molecule has 0 radical (unpaired) electrons. The summed E-state index contributed by atoms with van der Waals surface area (Å²) in [6, 6.07) is 10.9. The molecule has 1 aliphatic heterocycles. The molecule has 0 saturated heterocycles. The van der Waals surface area contributed by atoms with Gasteiger partial charge in [-0.15, -0.1) is 0 Å². The highest BCUT2D eigenvalue weighted by atomic mass is 16.6. The molecule has 2 heterocycles. The Morgan fingerprint density at radius 3 is 2.76 bits per heavy atom. The molecular formula is C18H18N4O3. The van der Waals surface area contributed by atoms with Crippen LogP contribution >= 0.6 is 0 Å². The van der Waals surface area contributed by atoms with Gasteiger partial charge in [0.25, 0.3) is 5.91 Å². The van der Waals surface area contributed by atoms with E-state index in [1.165, 1.54) is 0 Å². The van der Waals surface area contributed by atoms with E-state index in [9.17, 15) is 4.79 Å². The molecule has 0 spiro atoms. The molecule has 1 amide bonds. The third-order valence-corrected chi connectivity index (χ3v) is 4.26. The van der Waals surface area contributed by atoms with Crippen molar-refractivity contribution in [2.75, 3.05) is 13.2 Å². The van der Waals surface area contributed by atoms with Gasteiger partial charge >= 0.3 is 0 Å². The highest BCUT2D eigenvalue weighted by Gasteiger charge is 2.18. The third-order valence-electron chi connectivity index (χ3n) is 4.26. The monoisotopic (exact) mass is 338 g/mol. The summed E-state index contributed by atoms with van der Waals surface area (Å²) in [5, 5.41) is 13.6. The van der Waals surface area contributed by atoms with E-state index in [1.54, 1.807) is 18.2 Å². The average Bonchev–Trinajstić information content (AvgIpc) is 3.13. The molecule has 4 rings (SSSR count). The molecule has 0 bridgehead atoms. The van der Waals surface area contributed by atoms with Crippen molar-refractivity contribution < 1.29 is 14.3 Å². The second-order valence-electron chi connectivity index (χ2n) is 5.86. The lowest BCUT2D eigenvalue weighted by Crippen LogP contribution is -2.28. The van der Waals surface area contributed by atoms with Crippen molar-refractivity contribution in [2.45, 2.75) is 19.4 Å². The van der Waals surface area contributed by atoms with E-state index in [4.69, 9.17) is 9.47 Å². The molecule has 3 aromatic rings. The summed E-state index contributed by atoms with van der Waals surface area (Å²) in [4.78, 5) is 12.6. The average molecular weight is 338 g/mol. The van der Waals surface area contributed by atoms with Crippen molar-refractivity contribution in [1.29, 1.82) is 0 Å². The number of aromatic nitrogens is 3. The van der Waals surface area contributed by atoms with Crippen LogP contribution < -0.4 is 14.8 Å². The van der Waals surface area contributed by atoms with Crippen molar-refractivity contribution in [3.05, 3.63) is 47.5 Å². The molecule has 2 aromatic carbocycles. The topological polar surface area (TPSA) is 89.1 Å². The molecule has 2 N–H and O–H groups in total. The summed E-state index contributed by atoms with van der Waals surface area (Å²) in [6.45, 7) is 3.13. The summed E-state index contributed by atoms with van der Waals surface area (Å²) in [7, 11) is 0. The zero-order chi connectivity index (χ0) is 17.2. The highest BCUT2D eigenvalue weighted by molar-refractivity contribution is 5.97. The van der Waals surface area contributed by atoms with Gasteiger partial charge < -0.3 is 14.8 Å². The highest BCUT2D eigenvalue weighted by Crippen LogP contribution is 2.33. The van der Waals surface area contributed by atoms with Crippen LogP contribution in [0, 0.1) is 0 Å². The van der Waals surface area contributed by atoms with Crippen LogP contribution in [0.2, 0.25) is 0 Å². The molecule has 1 atom stereocenters. The van der Waals surface area contributed by atoms with Crippen LogP contribution in [0.3, 0.4) is 0 Å². The summed E-state index contributed by atoms with van der Waals surface area (Å²) in [5.74, 6) is 1.32. The number of hydrogen-bond acceptors (Lipinski definition) is 5. The Balaban J connectivity index is 1.55. The quantitative estimate of drug-likeness (QED) is 0.763. The summed E-state index contributed by atoms with van der Waals surface area (Å²) in [6.07, 6.45) is 0.761. The van der Waals surface area contributed by atoms with Gasteiger partial charge in [-0.2, -0.15) is 15.4 Å². The molecule has 25 heavy (non-hydrogen) atoms. The van der Waals surface area contributed by atoms with Crippen molar-refractivity contribution in [3.63, 3.8) is 0 Å². The predicted octanol–water partition coefficient (Wildman–Crippen LogP) is 2.61. The lowest BCUT2D eigenvalue weighted by Gasteiger charge is -2.22. The van der Waals surface area contributed by atoms with Crippen LogP contribution in [-0.2, 0) is 0 Å². The number of amides is 1. The molecule has 7 heteroatoms. The Hall–Kier alpha value is -3.09. The first kappa shape index (κ1) is 15.4. The molecule has 1 aromatic heterocycles. The third kappa shape index (κ3) is 3.00. The number of nitrogens with zero attached hydrogens (tertiary/aromatic N) is 2. The number of rotatable bonds is 4. The first-order valence-electron chi connectivity index (χ1n) is 8.25. The Morgan fingerprint density at radius 1 is 1.12 bits per heavy atom. The van der Waals surface area contributed by atoms with Gasteiger partial charge in [-0.05, 0) is 42.3 Å². The number of carbonyl (C=O) groups is 1. The normalized spacial score (nSPS) is 14.3. The van der Waals surface area contributed by atoms with E-state index in [2.05, 4.69) is 20.7 Å². The predicted molar refractivity (Wildman–Crippen MR) is 91.8 cm³/mol. The minimum Gasteiger partial charge on any atom is -0.486 e. The number of carbonyl (C=O) groups excluding carboxylic acids is 1. The van der Waals surface area contributed by atoms with E-state index in [-0.39, 0.29) is 11.9 Å². The van der Waals surface area contributed by atoms with Crippen LogP contribution in [0.4, 0.5) is 0 Å². The molecule has 7 nitrogen and oxygen atoms in total. The number of nitrogens with one attached hydrogen (secondary N) is 2. The van der Waals surface area contributed by atoms with Gasteiger partial charge in [0.15, 0.2) is 11.5 Å². The van der Waals surface area contributed by atoms with E-state index in [0.717, 1.165) is 29.0 Å². The fraction of sp³-hybridized carbons (Fsp3) is 0.278. The molecule has 0 fully saturated rings. The summed E-state index contributed by atoms with van der Waals surface area (Å²) >= 11 is 0. The number of ether oxygens (including phenoxy) is 2. The van der Waals surface area contributed by atoms with Crippen molar-refractivity contribution in [2.24, 2.45) is 0 Å². The largest absolute Gasteiger partial charge is 0.486 e. The second-order valence-corrected chi connectivity index (χ2v) is 5.86. The first-order chi connectivity index (χ1) is 12.2. The Morgan fingerprint density at radius 2 is 1.92 bits per heavy atom. The molecular weight excluding hydrogens is 320 g/mol. The molecule has 128 valence electrons. The van der Waals surface area contributed by atoms with Crippen molar-refractivity contribution in [1.82, 2.24) is 20.7 Å². The van der Waals surface area contributed by atoms with Gasteiger partial charge in [0.05, 0.1) is 6.04 Å². The summed E-state index contributed by atoms with van der Waals surface area (Å²) < 4.78 is 11.2. The first-order valence-corrected chi connectivity index (χ1v) is 8.25. The minimum absolute atomic E-state index is 0.115. The smallest absolute Gasteiger partial charge is 0.251 e. The lowest BCUT2D eigenvalue weighted by atomic mass is 10.0. The van der Waals surface area contributed by atoms with Gasteiger partial charge in [-0.3, -0.25) is 4.79 Å². The number of H-pyrrole nitrogens is 1. The molecule has 0 aliphatic carbocycles. The van der Waals surface area contributed by atoms with Crippen molar-refractivity contribution in [3.8, 4) is 11.5 Å². The maximum atomic E-state index is 12.6. The number of benzene rings is 2. The van der Waals surface area contributed by atoms with Gasteiger partial charge in [0.1, 0.15) is 24.2 Å². The zero-order valence-electron chi connectivity index (χ0n) is 13.8. The Kier molecular flexibility index (Phi) is 3.97. The second kappa shape index (κ2) is 6.43. The van der Waals surface area contributed by atoms with Gasteiger partial charge in [-0.1, -0.05) is 13.0 Å². The van der Waals surface area contributed by atoms with E-state index in [1.807, 2.05) is 25.1 Å². The number of aromatic amines is 1. The minimum atomic E-state index is -0.147. The number of hydrogen-bond donors (Lipinski definition) is 2. The van der Waals surface area contributed by atoms with E-state index >= 15 is 0 Å². The van der Waals surface area contributed by atoms with Crippen LogP contribution in [0.1, 0.15) is 35.3 Å². The van der Waals surface area contributed by atoms with Gasteiger partial charge in [-0.25, -0.2) is 0 Å². The van der Waals surface area contributed by atoms with E-state index in [0.29, 0.717) is 24.3 Å². The zero-order valence-corrected chi connectivity index (χ0v) is 13.8. The maximum absolute atomic E-state index is 12.6. The molecule has 0 saturated carbocycles. The van der Waals surface area contributed by atoms with E-state index < -0.39 is 0 Å². The van der Waals surface area contributed by atoms with Crippen molar-refractivity contribution >= 4 is 16.9 Å². The maximum Gasteiger partial charge on any atom is 0.251 e. The fourth-order valence-corrected chi connectivity index (χ4v) is 2.92. The van der Waals surface area contributed by atoms with Crippen LogP contribution in [0.25, 0.3) is 11.0 Å². The van der Waals surface area contributed by atoms with Gasteiger partial charge in [0, 0.05) is 5.56 Å². The molecule has 0 unspecified atom stereocenters. The Bertz CT molecular complexity index is 922. The van der Waals surface area contributed by atoms with Crippen LogP contribution in [0.5, 0.6) is 11.5 Å². The number of fused-ring (bicyclic) bond motifs is 2.